The quantitative estimate of drug-likeness (QED) is 0.594. The number of hydrogen-bond donors (Lipinski definition) is 0. The summed E-state index contributed by atoms with van der Waals surface area (Å²) in [6, 6.07) is 0. The summed E-state index contributed by atoms with van der Waals surface area (Å²) in [7, 11) is 0. The molecule has 1 saturated heterocycles. The van der Waals surface area contributed by atoms with E-state index >= 15 is 0 Å². The van der Waals surface area contributed by atoms with Gasteiger partial charge in [0.1, 0.15) is 0 Å². The van der Waals surface area contributed by atoms with E-state index in [9.17, 15) is 0 Å². The highest BCUT2D eigenvalue weighted by molar-refractivity contribution is 6.20. The molecule has 1 heterocycles. The van der Waals surface area contributed by atoms with Gasteiger partial charge in [0.2, 0.25) is 0 Å². The topological polar surface area (TPSA) is 9.23 Å². The van der Waals surface area contributed by atoms with Gasteiger partial charge in [0.25, 0.3) is 0 Å². The first kappa shape index (κ1) is 9.79. The van der Waals surface area contributed by atoms with E-state index in [2.05, 4.69) is 0 Å². The third-order valence-corrected chi connectivity index (χ3v) is 4.11. The van der Waals surface area contributed by atoms with E-state index in [0.29, 0.717) is 11.3 Å². The van der Waals surface area contributed by atoms with Crippen LogP contribution in [0.25, 0.3) is 0 Å². The fraction of sp³-hybridized carbons (Fsp3) is 1.00. The maximum Gasteiger partial charge on any atom is 0.0511 e. The van der Waals surface area contributed by atoms with E-state index < -0.39 is 0 Å². The monoisotopic (exact) mass is 202 g/mol. The minimum atomic E-state index is 0.386. The molecule has 0 spiro atoms. The molecular formula is C11H19ClO. The van der Waals surface area contributed by atoms with E-state index in [1.54, 1.807) is 0 Å². The minimum Gasteiger partial charge on any atom is -0.381 e. The van der Waals surface area contributed by atoms with Gasteiger partial charge in [-0.15, -0.1) is 11.6 Å². The van der Waals surface area contributed by atoms with Crippen molar-refractivity contribution in [3.63, 3.8) is 0 Å². The maximum absolute atomic E-state index is 6.34. The van der Waals surface area contributed by atoms with Crippen molar-refractivity contribution in [1.82, 2.24) is 0 Å². The number of hydrogen-bond acceptors (Lipinski definition) is 1. The molecule has 1 aliphatic heterocycles. The second-order valence-corrected chi connectivity index (χ2v) is 5.00. The number of halogens is 1. The molecule has 0 aromatic rings. The molecule has 0 amide bonds. The van der Waals surface area contributed by atoms with Crippen LogP contribution in [0.2, 0.25) is 0 Å². The van der Waals surface area contributed by atoms with Crippen molar-refractivity contribution in [2.75, 3.05) is 13.2 Å². The Hall–Kier alpha value is 0.250. The van der Waals surface area contributed by atoms with Gasteiger partial charge in [-0.1, -0.05) is 32.1 Å². The molecule has 0 radical (unpaired) electrons. The molecule has 13 heavy (non-hydrogen) atoms. The summed E-state index contributed by atoms with van der Waals surface area (Å²) < 4.78 is 5.52. The molecule has 0 unspecified atom stereocenters. The maximum atomic E-state index is 6.34. The fourth-order valence-electron chi connectivity index (χ4n) is 2.73. The summed E-state index contributed by atoms with van der Waals surface area (Å²) in [4.78, 5) is 0. The standard InChI is InChI=1S/C11H19ClO/c12-11-6-7-13-8-10(11)9-4-2-1-3-5-9/h9-11H,1-8H2/t10-,11-/m0/s1. The molecular weight excluding hydrogens is 184 g/mol. The van der Waals surface area contributed by atoms with Crippen molar-refractivity contribution in [2.24, 2.45) is 11.8 Å². The van der Waals surface area contributed by atoms with Crippen LogP contribution in [0.3, 0.4) is 0 Å². The lowest BCUT2D eigenvalue weighted by Crippen LogP contribution is -2.34. The summed E-state index contributed by atoms with van der Waals surface area (Å²) in [5.41, 5.74) is 0. The Morgan fingerprint density at radius 2 is 1.77 bits per heavy atom. The average Bonchev–Trinajstić information content (AvgIpc) is 2.20. The lowest BCUT2D eigenvalue weighted by molar-refractivity contribution is 0.0253. The Morgan fingerprint density at radius 1 is 1.00 bits per heavy atom. The molecule has 2 fully saturated rings. The highest BCUT2D eigenvalue weighted by Gasteiger charge is 2.31. The van der Waals surface area contributed by atoms with E-state index in [-0.39, 0.29) is 0 Å². The van der Waals surface area contributed by atoms with Crippen LogP contribution < -0.4 is 0 Å². The van der Waals surface area contributed by atoms with Crippen molar-refractivity contribution >= 4 is 11.6 Å². The van der Waals surface area contributed by atoms with E-state index in [1.807, 2.05) is 0 Å². The summed E-state index contributed by atoms with van der Waals surface area (Å²) in [5, 5.41) is 0.386. The zero-order valence-electron chi connectivity index (χ0n) is 8.18. The molecule has 1 aliphatic carbocycles. The Balaban J connectivity index is 1.88. The fourth-order valence-corrected chi connectivity index (χ4v) is 3.10. The predicted octanol–water partition coefficient (Wildman–Crippen LogP) is 3.21. The molecule has 1 nitrogen and oxygen atoms in total. The van der Waals surface area contributed by atoms with Gasteiger partial charge >= 0.3 is 0 Å². The van der Waals surface area contributed by atoms with Gasteiger partial charge in [-0.2, -0.15) is 0 Å². The van der Waals surface area contributed by atoms with Gasteiger partial charge < -0.3 is 4.74 Å². The first-order valence-corrected chi connectivity index (χ1v) is 6.03. The van der Waals surface area contributed by atoms with E-state index in [0.717, 1.165) is 25.6 Å². The van der Waals surface area contributed by atoms with Crippen molar-refractivity contribution in [1.29, 1.82) is 0 Å². The summed E-state index contributed by atoms with van der Waals surface area (Å²) in [5.74, 6) is 1.51. The normalized spacial score (nSPS) is 37.6. The lowest BCUT2D eigenvalue weighted by Gasteiger charge is -2.35. The van der Waals surface area contributed by atoms with Gasteiger partial charge in [-0.3, -0.25) is 0 Å². The zero-order valence-corrected chi connectivity index (χ0v) is 8.93. The summed E-state index contributed by atoms with van der Waals surface area (Å²) in [6.07, 6.45) is 8.07. The second-order valence-electron chi connectivity index (χ2n) is 4.44. The highest BCUT2D eigenvalue weighted by Crippen LogP contribution is 2.36. The van der Waals surface area contributed by atoms with Gasteiger partial charge in [-0.05, 0) is 12.3 Å². The zero-order chi connectivity index (χ0) is 9.10. The van der Waals surface area contributed by atoms with E-state index in [4.69, 9.17) is 16.3 Å². The number of ether oxygens (including phenoxy) is 1. The van der Waals surface area contributed by atoms with Crippen molar-refractivity contribution < 1.29 is 4.74 Å². The SMILES string of the molecule is Cl[C@H]1CCOC[C@H]1C1CCCCC1. The van der Waals surface area contributed by atoms with E-state index in [1.165, 1.54) is 32.1 Å². The molecule has 1 saturated carbocycles. The van der Waals surface area contributed by atoms with Crippen LogP contribution in [-0.4, -0.2) is 18.6 Å². The smallest absolute Gasteiger partial charge is 0.0511 e. The van der Waals surface area contributed by atoms with Crippen LogP contribution in [0, 0.1) is 11.8 Å². The molecule has 2 atom stereocenters. The molecule has 0 N–H and O–H groups in total. The molecule has 2 aliphatic rings. The molecule has 0 aromatic carbocycles. The molecule has 76 valence electrons. The molecule has 0 aromatic heterocycles. The Morgan fingerprint density at radius 3 is 2.46 bits per heavy atom. The van der Waals surface area contributed by atoms with Crippen LogP contribution in [0.4, 0.5) is 0 Å². The van der Waals surface area contributed by atoms with Crippen molar-refractivity contribution in [3.05, 3.63) is 0 Å². The molecule has 2 heteroatoms. The third kappa shape index (κ3) is 2.38. The number of alkyl halides is 1. The Labute approximate surface area is 85.8 Å². The Bertz CT molecular complexity index is 154. The van der Waals surface area contributed by atoms with Gasteiger partial charge in [-0.25, -0.2) is 0 Å². The highest BCUT2D eigenvalue weighted by atomic mass is 35.5. The van der Waals surface area contributed by atoms with Crippen LogP contribution >= 0.6 is 11.6 Å². The second kappa shape index (κ2) is 4.65. The largest absolute Gasteiger partial charge is 0.381 e. The van der Waals surface area contributed by atoms with Gasteiger partial charge in [0.05, 0.1) is 6.61 Å². The van der Waals surface area contributed by atoms with Crippen LogP contribution in [0.5, 0.6) is 0 Å². The molecule has 2 rings (SSSR count). The van der Waals surface area contributed by atoms with Gasteiger partial charge in [0.15, 0.2) is 0 Å². The first-order valence-electron chi connectivity index (χ1n) is 5.60. The van der Waals surface area contributed by atoms with Gasteiger partial charge in [0, 0.05) is 17.9 Å². The molecule has 0 bridgehead atoms. The summed E-state index contributed by atoms with van der Waals surface area (Å²) in [6.45, 7) is 1.79. The average molecular weight is 203 g/mol. The predicted molar refractivity (Wildman–Crippen MR) is 55.1 cm³/mol. The third-order valence-electron chi connectivity index (χ3n) is 3.57. The van der Waals surface area contributed by atoms with Crippen LogP contribution in [0.1, 0.15) is 38.5 Å². The number of rotatable bonds is 1. The van der Waals surface area contributed by atoms with Crippen molar-refractivity contribution in [2.45, 2.75) is 43.9 Å². The lowest BCUT2D eigenvalue weighted by atomic mass is 9.77. The van der Waals surface area contributed by atoms with Crippen molar-refractivity contribution in [3.8, 4) is 0 Å². The van der Waals surface area contributed by atoms with Crippen LogP contribution in [0.15, 0.2) is 0 Å². The first-order chi connectivity index (χ1) is 6.38. The summed E-state index contributed by atoms with van der Waals surface area (Å²) >= 11 is 6.34. The van der Waals surface area contributed by atoms with Crippen LogP contribution in [-0.2, 0) is 4.74 Å². The minimum absolute atomic E-state index is 0.386. The Kier molecular flexibility index (Phi) is 3.51.